The number of carbonyl (C=O) groups is 2. The molecule has 3 rings (SSSR count). The molecule has 6 heteroatoms. The van der Waals surface area contributed by atoms with Crippen LogP contribution < -0.4 is 5.32 Å². The van der Waals surface area contributed by atoms with Crippen LogP contribution in [0, 0.1) is 11.3 Å². The van der Waals surface area contributed by atoms with Crippen LogP contribution in [0.2, 0.25) is 0 Å². The molecule has 1 aliphatic heterocycles. The minimum atomic E-state index is -0.412. The first-order valence-corrected chi connectivity index (χ1v) is 9.21. The van der Waals surface area contributed by atoms with Crippen LogP contribution in [0.3, 0.4) is 0 Å². The van der Waals surface area contributed by atoms with Crippen molar-refractivity contribution in [1.82, 2.24) is 9.88 Å². The summed E-state index contributed by atoms with van der Waals surface area (Å²) in [5.74, 6) is -0.463. The van der Waals surface area contributed by atoms with Crippen LogP contribution >= 0.6 is 0 Å². The molecule has 0 bridgehead atoms. The smallest absolute Gasteiger partial charge is 0.274 e. The van der Waals surface area contributed by atoms with E-state index in [1.54, 1.807) is 30.3 Å². The number of rotatable bonds is 4. The minimum Gasteiger partial charge on any atom is -0.336 e. The molecule has 2 heterocycles. The van der Waals surface area contributed by atoms with E-state index in [4.69, 9.17) is 5.26 Å². The zero-order valence-electron chi connectivity index (χ0n) is 15.3. The fourth-order valence-electron chi connectivity index (χ4n) is 3.41. The van der Waals surface area contributed by atoms with Gasteiger partial charge in [-0.25, -0.2) is 0 Å². The summed E-state index contributed by atoms with van der Waals surface area (Å²) in [6, 6.07) is 12.1. The van der Waals surface area contributed by atoms with E-state index in [9.17, 15) is 9.59 Å². The fourth-order valence-corrected chi connectivity index (χ4v) is 3.41. The number of nitriles is 1. The van der Waals surface area contributed by atoms with Crippen LogP contribution in [0.4, 0.5) is 5.69 Å². The van der Waals surface area contributed by atoms with Gasteiger partial charge in [0, 0.05) is 30.0 Å². The third-order valence-electron chi connectivity index (χ3n) is 4.85. The molecule has 138 valence electrons. The maximum absolute atomic E-state index is 12.9. The lowest BCUT2D eigenvalue weighted by atomic mass is 9.99. The second-order valence-electron chi connectivity index (χ2n) is 6.63. The average molecular weight is 362 g/mol. The molecule has 0 aliphatic carbocycles. The second-order valence-corrected chi connectivity index (χ2v) is 6.63. The van der Waals surface area contributed by atoms with Crippen LogP contribution in [-0.2, 0) is 0 Å². The Balaban J connectivity index is 1.77. The highest BCUT2D eigenvalue weighted by molar-refractivity contribution is 6.04. The molecule has 1 aromatic carbocycles. The Morgan fingerprint density at radius 3 is 2.93 bits per heavy atom. The molecule has 1 saturated heterocycles. The van der Waals surface area contributed by atoms with E-state index in [0.717, 1.165) is 32.2 Å². The molecule has 0 spiro atoms. The molecule has 2 amide bonds. The van der Waals surface area contributed by atoms with Gasteiger partial charge in [-0.15, -0.1) is 0 Å². The van der Waals surface area contributed by atoms with Crippen molar-refractivity contribution >= 4 is 17.5 Å². The predicted molar refractivity (Wildman–Crippen MR) is 102 cm³/mol. The van der Waals surface area contributed by atoms with Crippen molar-refractivity contribution in [1.29, 1.82) is 5.26 Å². The van der Waals surface area contributed by atoms with Gasteiger partial charge in [0.05, 0.1) is 11.6 Å². The summed E-state index contributed by atoms with van der Waals surface area (Å²) in [5.41, 5.74) is 1.62. The van der Waals surface area contributed by atoms with Gasteiger partial charge < -0.3 is 10.2 Å². The molecule has 1 unspecified atom stereocenters. The summed E-state index contributed by atoms with van der Waals surface area (Å²) >= 11 is 0. The summed E-state index contributed by atoms with van der Waals surface area (Å²) in [6.07, 6.45) is 5.60. The van der Waals surface area contributed by atoms with E-state index in [2.05, 4.69) is 17.2 Å². The van der Waals surface area contributed by atoms with E-state index < -0.39 is 5.91 Å². The highest BCUT2D eigenvalue weighted by Crippen LogP contribution is 2.22. The molecule has 0 radical (unpaired) electrons. The fraction of sp³-hybridized carbons (Fsp3) is 0.333. The number of piperidine rings is 1. The summed E-state index contributed by atoms with van der Waals surface area (Å²) < 4.78 is 0. The maximum Gasteiger partial charge on any atom is 0.274 e. The number of anilines is 1. The zero-order valence-corrected chi connectivity index (χ0v) is 15.3. The monoisotopic (exact) mass is 362 g/mol. The summed E-state index contributed by atoms with van der Waals surface area (Å²) in [6.45, 7) is 2.85. The second kappa shape index (κ2) is 8.45. The van der Waals surface area contributed by atoms with Crippen molar-refractivity contribution < 1.29 is 9.59 Å². The van der Waals surface area contributed by atoms with Gasteiger partial charge in [0.15, 0.2) is 0 Å². The van der Waals surface area contributed by atoms with Gasteiger partial charge in [-0.05, 0) is 56.0 Å². The summed E-state index contributed by atoms with van der Waals surface area (Å²) in [5, 5.41) is 11.7. The quantitative estimate of drug-likeness (QED) is 0.900. The van der Waals surface area contributed by atoms with Crippen LogP contribution in [0.15, 0.2) is 42.6 Å². The third kappa shape index (κ3) is 4.32. The number of nitrogens with zero attached hydrogens (tertiary/aromatic N) is 3. The lowest BCUT2D eigenvalue weighted by Crippen LogP contribution is -2.43. The Labute approximate surface area is 158 Å². The highest BCUT2D eigenvalue weighted by Gasteiger charge is 2.26. The first-order valence-electron chi connectivity index (χ1n) is 9.21. The van der Waals surface area contributed by atoms with Gasteiger partial charge in [0.25, 0.3) is 11.8 Å². The minimum absolute atomic E-state index is 0.0514. The largest absolute Gasteiger partial charge is 0.336 e. The van der Waals surface area contributed by atoms with Gasteiger partial charge in [-0.2, -0.15) is 5.26 Å². The van der Waals surface area contributed by atoms with Gasteiger partial charge >= 0.3 is 0 Å². The van der Waals surface area contributed by atoms with Crippen LogP contribution in [0.5, 0.6) is 0 Å². The van der Waals surface area contributed by atoms with E-state index in [1.165, 1.54) is 12.3 Å². The maximum atomic E-state index is 12.9. The van der Waals surface area contributed by atoms with Gasteiger partial charge in [0.2, 0.25) is 0 Å². The number of hydrogen-bond acceptors (Lipinski definition) is 4. The lowest BCUT2D eigenvalue weighted by Gasteiger charge is -2.35. The van der Waals surface area contributed by atoms with Crippen LogP contribution in [0.25, 0.3) is 0 Å². The molecule has 1 aliphatic rings. The highest BCUT2D eigenvalue weighted by atomic mass is 16.2. The molecule has 0 saturated carbocycles. The Bertz CT molecular complexity index is 888. The molecule has 1 aromatic heterocycles. The SMILES string of the molecule is CCC1CCCCN1C(=O)c1ccnc(C(=O)Nc2cccc(C#N)c2)c1. The molecule has 1 fully saturated rings. The van der Waals surface area contributed by atoms with E-state index in [1.807, 2.05) is 11.0 Å². The lowest BCUT2D eigenvalue weighted by molar-refractivity contribution is 0.0608. The van der Waals surface area contributed by atoms with Crippen molar-refractivity contribution in [2.75, 3.05) is 11.9 Å². The average Bonchev–Trinajstić information content (AvgIpc) is 2.73. The molecular weight excluding hydrogens is 340 g/mol. The van der Waals surface area contributed by atoms with Crippen molar-refractivity contribution in [3.05, 3.63) is 59.4 Å². The number of nitrogens with one attached hydrogen (secondary N) is 1. The number of hydrogen-bond donors (Lipinski definition) is 1. The zero-order chi connectivity index (χ0) is 19.2. The molecule has 1 N–H and O–H groups in total. The Morgan fingerprint density at radius 1 is 1.30 bits per heavy atom. The van der Waals surface area contributed by atoms with Crippen molar-refractivity contribution in [2.24, 2.45) is 0 Å². The molecular formula is C21H22N4O2. The Morgan fingerprint density at radius 2 is 2.15 bits per heavy atom. The number of amides is 2. The Hall–Kier alpha value is -3.20. The van der Waals surface area contributed by atoms with Crippen molar-refractivity contribution in [2.45, 2.75) is 38.6 Å². The molecule has 6 nitrogen and oxygen atoms in total. The summed E-state index contributed by atoms with van der Waals surface area (Å²) in [7, 11) is 0. The Kier molecular flexibility index (Phi) is 5.82. The van der Waals surface area contributed by atoms with Gasteiger partial charge in [0.1, 0.15) is 5.69 Å². The van der Waals surface area contributed by atoms with Crippen LogP contribution in [0.1, 0.15) is 59.0 Å². The third-order valence-corrected chi connectivity index (χ3v) is 4.85. The number of carbonyl (C=O) groups excluding carboxylic acids is 2. The van der Waals surface area contributed by atoms with Crippen LogP contribution in [-0.4, -0.2) is 34.3 Å². The molecule has 1 atom stereocenters. The molecule has 27 heavy (non-hydrogen) atoms. The predicted octanol–water partition coefficient (Wildman–Crippen LogP) is 3.61. The van der Waals surface area contributed by atoms with E-state index >= 15 is 0 Å². The normalized spacial score (nSPS) is 16.4. The first-order chi connectivity index (χ1) is 13.1. The number of benzene rings is 1. The topological polar surface area (TPSA) is 86.1 Å². The standard InChI is InChI=1S/C21H22N4O2/c1-2-18-8-3-4-11-25(18)21(27)16-9-10-23-19(13-16)20(26)24-17-7-5-6-15(12-17)14-22/h5-7,9-10,12-13,18H,2-4,8,11H2,1H3,(H,24,26). The first kappa shape index (κ1) is 18.6. The van der Waals surface area contributed by atoms with E-state index in [0.29, 0.717) is 16.8 Å². The number of pyridine rings is 1. The summed E-state index contributed by atoms with van der Waals surface area (Å²) in [4.78, 5) is 31.4. The number of likely N-dealkylation sites (tertiary alicyclic amines) is 1. The van der Waals surface area contributed by atoms with Crippen molar-refractivity contribution in [3.8, 4) is 6.07 Å². The van der Waals surface area contributed by atoms with Crippen molar-refractivity contribution in [3.63, 3.8) is 0 Å². The molecule has 2 aromatic rings. The van der Waals surface area contributed by atoms with E-state index in [-0.39, 0.29) is 17.6 Å². The van der Waals surface area contributed by atoms with Gasteiger partial charge in [-0.1, -0.05) is 13.0 Å². The van der Waals surface area contributed by atoms with Gasteiger partial charge in [-0.3, -0.25) is 14.6 Å². The number of aromatic nitrogens is 1.